The zero-order valence-electron chi connectivity index (χ0n) is 13.4. The number of aliphatic hydroxyl groups is 1. The summed E-state index contributed by atoms with van der Waals surface area (Å²) in [6, 6.07) is 3.38. The van der Waals surface area contributed by atoms with Crippen LogP contribution in [0.4, 0.5) is 18.0 Å². The van der Waals surface area contributed by atoms with Gasteiger partial charge in [-0.2, -0.15) is 13.2 Å². The zero-order chi connectivity index (χ0) is 18.1. The Bertz CT molecular complexity index is 624. The minimum atomic E-state index is -4.46. The fraction of sp³-hybridized carbons (Fsp3) is 0.500. The topological polar surface area (TPSA) is 69.6 Å². The van der Waals surface area contributed by atoms with Crippen molar-refractivity contribution >= 4 is 11.9 Å². The first-order valence-electron chi connectivity index (χ1n) is 7.64. The number of carbonyl (C=O) groups excluding carboxylic acids is 2. The maximum atomic E-state index is 12.5. The summed E-state index contributed by atoms with van der Waals surface area (Å²) < 4.78 is 37.6. The van der Waals surface area contributed by atoms with Crippen molar-refractivity contribution in [2.45, 2.75) is 44.5 Å². The minimum absolute atomic E-state index is 0.203. The van der Waals surface area contributed by atoms with Gasteiger partial charge in [0, 0.05) is 0 Å². The zero-order valence-corrected chi connectivity index (χ0v) is 13.4. The summed E-state index contributed by atoms with van der Waals surface area (Å²) in [5.41, 5.74) is -1.60. The second-order valence-corrected chi connectivity index (χ2v) is 5.77. The maximum absolute atomic E-state index is 12.5. The number of aliphatic hydroxyl groups excluding tert-OH is 1. The van der Waals surface area contributed by atoms with Crippen LogP contribution in [0.5, 0.6) is 0 Å². The Morgan fingerprint density at radius 1 is 1.17 bits per heavy atom. The molecule has 1 aromatic carbocycles. The number of hydrogen-bond acceptors (Lipinski definition) is 3. The summed E-state index contributed by atoms with van der Waals surface area (Å²) in [6.07, 6.45) is -4.88. The molecule has 1 aliphatic heterocycles. The van der Waals surface area contributed by atoms with Gasteiger partial charge >= 0.3 is 12.2 Å². The van der Waals surface area contributed by atoms with Gasteiger partial charge in [0.15, 0.2) is 0 Å². The van der Waals surface area contributed by atoms with Crippen LogP contribution in [0, 0.1) is 0 Å². The lowest BCUT2D eigenvalue weighted by Gasteiger charge is -2.24. The maximum Gasteiger partial charge on any atom is 0.416 e. The second-order valence-electron chi connectivity index (χ2n) is 5.77. The number of rotatable bonds is 5. The average molecular weight is 344 g/mol. The van der Waals surface area contributed by atoms with Gasteiger partial charge in [0.05, 0.1) is 18.2 Å². The number of nitrogens with zero attached hydrogens (tertiary/aromatic N) is 1. The van der Waals surface area contributed by atoms with Crippen LogP contribution in [-0.2, 0) is 11.0 Å². The molecule has 5 nitrogen and oxygen atoms in total. The molecule has 1 atom stereocenters. The fourth-order valence-electron chi connectivity index (χ4n) is 2.74. The van der Waals surface area contributed by atoms with Crippen LogP contribution in [0.2, 0.25) is 0 Å². The highest BCUT2D eigenvalue weighted by atomic mass is 19.4. The van der Waals surface area contributed by atoms with E-state index in [1.54, 1.807) is 13.8 Å². The van der Waals surface area contributed by atoms with Gasteiger partial charge < -0.3 is 10.4 Å². The SMILES string of the molecule is CCC1(CC)NC(=O)N(C[C@H](O)c2ccc(C(F)(F)F)cc2)C1=O. The summed E-state index contributed by atoms with van der Waals surface area (Å²) in [4.78, 5) is 25.4. The van der Waals surface area contributed by atoms with Gasteiger partial charge in [-0.1, -0.05) is 26.0 Å². The number of benzene rings is 1. The molecule has 0 spiro atoms. The highest BCUT2D eigenvalue weighted by Gasteiger charge is 2.49. The van der Waals surface area contributed by atoms with Gasteiger partial charge in [0.1, 0.15) is 5.54 Å². The van der Waals surface area contributed by atoms with Gasteiger partial charge in [-0.15, -0.1) is 0 Å². The summed E-state index contributed by atoms with van der Waals surface area (Å²) in [5, 5.41) is 12.8. The van der Waals surface area contributed by atoms with Crippen LogP contribution < -0.4 is 5.32 Å². The van der Waals surface area contributed by atoms with Crippen molar-refractivity contribution in [1.29, 1.82) is 0 Å². The van der Waals surface area contributed by atoms with Crippen LogP contribution in [0.1, 0.15) is 43.9 Å². The molecule has 0 aliphatic carbocycles. The molecule has 0 aromatic heterocycles. The van der Waals surface area contributed by atoms with E-state index in [2.05, 4.69) is 5.32 Å². The number of alkyl halides is 3. The summed E-state index contributed by atoms with van der Waals surface area (Å²) >= 11 is 0. The van der Waals surface area contributed by atoms with E-state index in [1.165, 1.54) is 0 Å². The molecule has 0 saturated carbocycles. The third-order valence-electron chi connectivity index (χ3n) is 4.43. The van der Waals surface area contributed by atoms with Gasteiger partial charge in [-0.3, -0.25) is 9.69 Å². The van der Waals surface area contributed by atoms with Crippen molar-refractivity contribution in [2.24, 2.45) is 0 Å². The van der Waals surface area contributed by atoms with Crippen molar-refractivity contribution in [2.75, 3.05) is 6.54 Å². The molecule has 1 fully saturated rings. The molecule has 1 aliphatic rings. The average Bonchev–Trinajstić information content (AvgIpc) is 2.78. The molecule has 24 heavy (non-hydrogen) atoms. The largest absolute Gasteiger partial charge is 0.416 e. The molecule has 0 unspecified atom stereocenters. The Kier molecular flexibility index (Phi) is 4.89. The predicted octanol–water partition coefficient (Wildman–Crippen LogP) is 2.85. The normalized spacial score (nSPS) is 18.7. The summed E-state index contributed by atoms with van der Waals surface area (Å²) in [7, 11) is 0. The van der Waals surface area contributed by atoms with Crippen LogP contribution >= 0.6 is 0 Å². The second kappa shape index (κ2) is 6.43. The number of urea groups is 1. The Hall–Kier alpha value is -2.09. The van der Waals surface area contributed by atoms with E-state index >= 15 is 0 Å². The van der Waals surface area contributed by atoms with Gasteiger partial charge in [0.25, 0.3) is 5.91 Å². The molecule has 2 N–H and O–H groups in total. The van der Waals surface area contributed by atoms with Gasteiger partial charge in [-0.05, 0) is 30.5 Å². The smallest absolute Gasteiger partial charge is 0.387 e. The highest BCUT2D eigenvalue weighted by Crippen LogP contribution is 2.31. The van der Waals surface area contributed by atoms with E-state index in [0.717, 1.165) is 29.2 Å². The van der Waals surface area contributed by atoms with E-state index in [-0.39, 0.29) is 12.1 Å². The first-order chi connectivity index (χ1) is 11.1. The van der Waals surface area contributed by atoms with Crippen molar-refractivity contribution in [3.05, 3.63) is 35.4 Å². The molecular formula is C16H19F3N2O3. The minimum Gasteiger partial charge on any atom is -0.387 e. The molecular weight excluding hydrogens is 325 g/mol. The van der Waals surface area contributed by atoms with E-state index < -0.39 is 35.3 Å². The number of hydrogen-bond donors (Lipinski definition) is 2. The number of carbonyl (C=O) groups is 2. The fourth-order valence-corrected chi connectivity index (χ4v) is 2.74. The van der Waals surface area contributed by atoms with Gasteiger partial charge in [0.2, 0.25) is 0 Å². The van der Waals surface area contributed by atoms with Crippen molar-refractivity contribution in [1.82, 2.24) is 10.2 Å². The van der Waals surface area contributed by atoms with Gasteiger partial charge in [-0.25, -0.2) is 4.79 Å². The number of halogens is 3. The number of imide groups is 1. The van der Waals surface area contributed by atoms with Crippen LogP contribution in [-0.4, -0.2) is 34.0 Å². The van der Waals surface area contributed by atoms with E-state index in [0.29, 0.717) is 12.8 Å². The molecule has 8 heteroatoms. The molecule has 1 aromatic rings. The van der Waals surface area contributed by atoms with Crippen LogP contribution in [0.15, 0.2) is 24.3 Å². The quantitative estimate of drug-likeness (QED) is 0.807. The van der Waals surface area contributed by atoms with E-state index in [1.807, 2.05) is 0 Å². The van der Waals surface area contributed by atoms with Crippen molar-refractivity contribution < 1.29 is 27.9 Å². The van der Waals surface area contributed by atoms with Crippen molar-refractivity contribution in [3.8, 4) is 0 Å². The molecule has 3 amide bonds. The lowest BCUT2D eigenvalue weighted by Crippen LogP contribution is -2.46. The van der Waals surface area contributed by atoms with E-state index in [4.69, 9.17) is 0 Å². The number of amides is 3. The lowest BCUT2D eigenvalue weighted by molar-refractivity contribution is -0.137. The first kappa shape index (κ1) is 18.3. The standard InChI is InChI=1S/C16H19F3N2O3/c1-3-15(4-2)13(23)21(14(24)20-15)9-12(22)10-5-7-11(8-6-10)16(17,18)19/h5-8,12,22H,3-4,9H2,1-2H3,(H,20,24)/t12-/m0/s1. The summed E-state index contributed by atoms with van der Waals surface area (Å²) in [6.45, 7) is 3.24. The molecule has 132 valence electrons. The monoisotopic (exact) mass is 344 g/mol. The molecule has 1 heterocycles. The van der Waals surface area contributed by atoms with Crippen LogP contribution in [0.3, 0.4) is 0 Å². The summed E-state index contributed by atoms with van der Waals surface area (Å²) in [5.74, 6) is -0.427. The Morgan fingerprint density at radius 2 is 1.71 bits per heavy atom. The van der Waals surface area contributed by atoms with Crippen molar-refractivity contribution in [3.63, 3.8) is 0 Å². The predicted molar refractivity (Wildman–Crippen MR) is 80.0 cm³/mol. The number of nitrogens with one attached hydrogen (secondary N) is 1. The van der Waals surface area contributed by atoms with E-state index in [9.17, 15) is 27.9 Å². The molecule has 0 radical (unpaired) electrons. The third-order valence-corrected chi connectivity index (χ3v) is 4.43. The number of β-amino-alcohol motifs (C(OH)–C–C–N with tert-alkyl or cyclic N) is 1. The Labute approximate surface area is 137 Å². The Balaban J connectivity index is 2.13. The highest BCUT2D eigenvalue weighted by molar-refractivity contribution is 6.07. The molecule has 2 rings (SSSR count). The Morgan fingerprint density at radius 3 is 2.12 bits per heavy atom. The molecule has 0 bridgehead atoms. The molecule has 1 saturated heterocycles. The van der Waals surface area contributed by atoms with Crippen LogP contribution in [0.25, 0.3) is 0 Å². The lowest BCUT2D eigenvalue weighted by atomic mass is 9.93. The first-order valence-corrected chi connectivity index (χ1v) is 7.64. The third kappa shape index (κ3) is 3.24.